The summed E-state index contributed by atoms with van der Waals surface area (Å²) in [5, 5.41) is 78.5. The Labute approximate surface area is 793 Å². The molecule has 0 aliphatic carbocycles. The van der Waals surface area contributed by atoms with Crippen LogP contribution in [-0.2, 0) is 120 Å². The van der Waals surface area contributed by atoms with E-state index < -0.39 is 266 Å². The fourth-order valence-corrected chi connectivity index (χ4v) is 17.6. The number of aromatic hydroxyl groups is 2. The number of ether oxygens (including phenoxy) is 1. The van der Waals surface area contributed by atoms with Crippen LogP contribution in [0, 0.1) is 23.5 Å². The highest BCUT2D eigenvalue weighted by molar-refractivity contribution is 8.00. The largest absolute Gasteiger partial charge is 0.508 e. The number of benzene rings is 6. The lowest BCUT2D eigenvalue weighted by Crippen LogP contribution is -2.62. The first-order chi connectivity index (χ1) is 65.1. The van der Waals surface area contributed by atoms with Crippen molar-refractivity contribution in [2.24, 2.45) is 17.6 Å². The van der Waals surface area contributed by atoms with Crippen molar-refractivity contribution in [1.29, 1.82) is 0 Å². The lowest BCUT2D eigenvalue weighted by molar-refractivity contribution is -0.153. The highest BCUT2D eigenvalue weighted by Gasteiger charge is 2.49. The second-order valence-corrected chi connectivity index (χ2v) is 36.3. The maximum absolute atomic E-state index is 15.8. The number of aliphatic carboxylic acids is 1. The van der Waals surface area contributed by atoms with Crippen molar-refractivity contribution < 1.29 is 116 Å². The summed E-state index contributed by atoms with van der Waals surface area (Å²) in [6.07, 6.45) is -6.21. The Morgan fingerprint density at radius 2 is 0.971 bits per heavy atom. The molecule has 38 nitrogen and oxygen atoms in total. The van der Waals surface area contributed by atoms with Crippen LogP contribution < -0.4 is 53.6 Å². The minimum Gasteiger partial charge on any atom is -0.508 e. The maximum atomic E-state index is 15.8. The highest BCUT2D eigenvalue weighted by atomic mass is 32.2. The molecule has 10 rings (SSSR count). The normalized spacial score (nSPS) is 24.3. The Morgan fingerprint density at radius 1 is 0.496 bits per heavy atom. The van der Waals surface area contributed by atoms with E-state index in [-0.39, 0.29) is 68.6 Å². The number of H-pyrrole nitrogens is 1. The molecule has 3 aliphatic rings. The Balaban J connectivity index is 1.07. The number of para-hydroxylation sites is 1. The van der Waals surface area contributed by atoms with Crippen LogP contribution in [0.4, 0.5) is 8.78 Å². The molecule has 3 aliphatic heterocycles. The number of amides is 15. The number of carboxylic acids is 1. The van der Waals surface area contributed by atoms with Gasteiger partial charge in [0.2, 0.25) is 88.6 Å². The van der Waals surface area contributed by atoms with Gasteiger partial charge in [-0.1, -0.05) is 137 Å². The number of carbonyl (C=O) groups is 16. The van der Waals surface area contributed by atoms with Crippen LogP contribution in [0.25, 0.3) is 10.9 Å². The SMILES string of the molecule is COCC[C@H]1C(=O)N2C[C@@H](O)C[C@@H]2C(=O)N[C@@H](CC(=O)O)C(=O)N[C@@H](C(C)C)C(=O)N(C)[C@H](Cc2ccccc2)C(=O)N[C@@H](Cc2ccc(O)cc2)C(=O)N2C[C@@H](O)C[C@@H]2C(=O)N[C@@H](Cc2c[nH]c3ccccc23)C(=O)N[C@@H](Cc2ccc(O)cc2)C(=O)N[C@@H](CC(C)C)C(=O)N[C@H](C(=O)NCC(N)=O)CSCC(=O)N[C@@H](Cc2ccc(F)c(F)c2)C(=O)N(C)C(Cc2ccccc2)C(=O)N1C. The number of phenolic OH excluding ortho intramolecular Hbond substituents is 2. The molecule has 17 N–H and O–H groups in total. The number of thioether (sulfide) groups is 1. The summed E-state index contributed by atoms with van der Waals surface area (Å²) >= 11 is 0.697. The van der Waals surface area contributed by atoms with Gasteiger partial charge in [0.1, 0.15) is 90.0 Å². The molecule has 3 fully saturated rings. The number of halogens is 2. The molecule has 4 heterocycles. The van der Waals surface area contributed by atoms with Crippen LogP contribution in [0.1, 0.15) is 93.2 Å². The third-order valence-corrected chi connectivity index (χ3v) is 25.2. The number of nitrogens with zero attached hydrogens (tertiary/aromatic N) is 5. The standard InChI is InChI=1S/C96H118F2N16O22S/c1-52(2)35-68-85(124)108-74(84(123)101-47-80(99)119)50-137-51-81(120)102-72(39-58-27-32-65(97)66(98)36-58)92(131)112(7)79(41-55-19-13-10-14-20-55)94(133)110(5)75(33-34-136-8)95(134)114-49-63(118)44-78(114)91(130)106-71(45-82(121)122)88(127)109-83(53(3)4)96(135)111(6)76(40-54-17-11-9-12-18-54)89(128)107-73(38-57-25-30-61(116)31-26-57)93(132)113-48-62(117)43-77(113)90(129)105-70(42-59-46-100-67-22-16-15-21-64(59)67)87(126)104-69(86(125)103-68)37-56-23-28-60(115)29-24-56/h9-32,36,46,52-53,62-63,68-79,83,100,115-118H,33-35,37-45,47-51H2,1-8H3,(H2,99,119)(H,101,123)(H,102,120)(H,103,125)(H,104,126)(H,105,129)(H,106,130)(H,107,128)(H,108,124)(H,109,127)(H,121,122)/t62-,63-,68-,69-,70-,71-,72-,73-,74-,75-,76+,77+,78+,79?,83-/m0/s1. The van der Waals surface area contributed by atoms with E-state index >= 15 is 52.3 Å². The lowest BCUT2D eigenvalue weighted by Gasteiger charge is -2.37. The van der Waals surface area contributed by atoms with Gasteiger partial charge < -0.3 is 113 Å². The summed E-state index contributed by atoms with van der Waals surface area (Å²) < 4.78 is 35.3. The fourth-order valence-electron chi connectivity index (χ4n) is 16.8. The van der Waals surface area contributed by atoms with Crippen LogP contribution in [-0.4, -0.2) is 306 Å². The third kappa shape index (κ3) is 29.1. The minimum atomic E-state index is -2.06. The van der Waals surface area contributed by atoms with Crippen LogP contribution in [0.5, 0.6) is 11.5 Å². The first-order valence-electron chi connectivity index (χ1n) is 44.8. The molecule has 137 heavy (non-hydrogen) atoms. The van der Waals surface area contributed by atoms with E-state index in [2.05, 4.69) is 52.8 Å². The number of nitrogens with one attached hydrogen (secondary N) is 10. The van der Waals surface area contributed by atoms with Gasteiger partial charge in [-0.2, -0.15) is 0 Å². The number of aliphatic hydroxyl groups excluding tert-OH is 2. The van der Waals surface area contributed by atoms with Crippen molar-refractivity contribution in [3.63, 3.8) is 0 Å². The zero-order chi connectivity index (χ0) is 99.8. The number of fused-ring (bicyclic) bond motifs is 3. The van der Waals surface area contributed by atoms with E-state index in [0.717, 1.165) is 42.7 Å². The van der Waals surface area contributed by atoms with Gasteiger partial charge in [-0.3, -0.25) is 76.7 Å². The lowest BCUT2D eigenvalue weighted by atomic mass is 9.98. The Kier molecular flexibility index (Phi) is 37.6. The average Bonchev–Trinajstić information content (AvgIpc) is 1.72. The van der Waals surface area contributed by atoms with Gasteiger partial charge in [0, 0.05) is 129 Å². The van der Waals surface area contributed by atoms with Crippen molar-refractivity contribution in [1.82, 2.24) is 77.3 Å². The molecule has 1 unspecified atom stereocenters. The fraction of sp³-hybridized carbons (Fsp3) is 0.438. The molecule has 41 heteroatoms. The molecule has 0 saturated carbocycles. The minimum absolute atomic E-state index is 0.0431. The quantitative estimate of drug-likeness (QED) is 0.0414. The molecule has 1 aromatic heterocycles. The van der Waals surface area contributed by atoms with Gasteiger partial charge in [0.25, 0.3) is 0 Å². The van der Waals surface area contributed by atoms with Crippen LogP contribution in [0.15, 0.2) is 158 Å². The van der Waals surface area contributed by atoms with Gasteiger partial charge in [-0.15, -0.1) is 11.8 Å². The number of primary amides is 1. The van der Waals surface area contributed by atoms with E-state index in [1.54, 1.807) is 105 Å². The molecule has 3 saturated heterocycles. The number of aliphatic hydroxyl groups is 2. The van der Waals surface area contributed by atoms with Gasteiger partial charge >= 0.3 is 5.97 Å². The Hall–Kier alpha value is -13.9. The maximum Gasteiger partial charge on any atom is 0.305 e. The second-order valence-electron chi connectivity index (χ2n) is 35.2. The number of hydrogen-bond donors (Lipinski definition) is 16. The van der Waals surface area contributed by atoms with E-state index in [1.807, 2.05) is 0 Å². The molecule has 15 atom stereocenters. The number of methoxy groups -OCH3 is 1. The summed E-state index contributed by atoms with van der Waals surface area (Å²) in [6, 6.07) is 15.1. The Morgan fingerprint density at radius 3 is 1.53 bits per heavy atom. The van der Waals surface area contributed by atoms with Crippen molar-refractivity contribution >= 4 is 117 Å². The molecule has 0 radical (unpaired) electrons. The number of carbonyl (C=O) groups excluding carboxylic acids is 15. The van der Waals surface area contributed by atoms with Gasteiger partial charge in [-0.05, 0) is 94.1 Å². The molecule has 15 amide bonds. The van der Waals surface area contributed by atoms with E-state index in [1.165, 1.54) is 90.6 Å². The first-order valence-corrected chi connectivity index (χ1v) is 46.0. The van der Waals surface area contributed by atoms with Gasteiger partial charge in [0.05, 0.1) is 30.9 Å². The predicted octanol–water partition coefficient (Wildman–Crippen LogP) is 0.458. The predicted molar refractivity (Wildman–Crippen MR) is 496 cm³/mol. The van der Waals surface area contributed by atoms with Crippen molar-refractivity contribution in [3.8, 4) is 11.5 Å². The number of likely N-dealkylation sites (N-methyl/N-ethyl adjacent to an activating group) is 3. The molecular formula is C96H118F2N16O22S. The van der Waals surface area contributed by atoms with E-state index in [4.69, 9.17) is 10.5 Å². The van der Waals surface area contributed by atoms with Crippen LogP contribution >= 0.6 is 11.8 Å². The summed E-state index contributed by atoms with van der Waals surface area (Å²) in [6.45, 7) is 4.29. The summed E-state index contributed by atoms with van der Waals surface area (Å²) in [5.41, 5.74) is 8.05. The Bertz CT molecular complexity index is 5490. The number of hydrogen-bond acceptors (Lipinski definition) is 22. The summed E-state index contributed by atoms with van der Waals surface area (Å²) in [4.78, 5) is 247. The number of rotatable bonds is 23. The van der Waals surface area contributed by atoms with Crippen LogP contribution in [0.3, 0.4) is 0 Å². The molecule has 7 aromatic rings. The monoisotopic (exact) mass is 1920 g/mol. The molecular weight excluding hydrogens is 1800 g/mol. The average molecular weight is 1920 g/mol. The topological polar surface area (TPSA) is 550 Å². The van der Waals surface area contributed by atoms with Crippen molar-refractivity contribution in [3.05, 3.63) is 203 Å². The smallest absolute Gasteiger partial charge is 0.305 e. The van der Waals surface area contributed by atoms with Crippen molar-refractivity contribution in [2.75, 3.05) is 66.0 Å². The second kappa shape index (κ2) is 49.0. The number of nitrogens with two attached hydrogens (primary N) is 1. The highest BCUT2D eigenvalue weighted by Crippen LogP contribution is 2.29. The zero-order valence-electron chi connectivity index (χ0n) is 77.0. The summed E-state index contributed by atoms with van der Waals surface area (Å²) in [7, 11) is 4.94. The summed E-state index contributed by atoms with van der Waals surface area (Å²) in [5.74, 6) is -22.6. The number of aromatic nitrogens is 1. The molecule has 6 aromatic carbocycles. The van der Waals surface area contributed by atoms with Crippen LogP contribution in [0.2, 0.25) is 0 Å². The third-order valence-electron chi connectivity index (χ3n) is 24.1. The van der Waals surface area contributed by atoms with Gasteiger partial charge in [-0.25, -0.2) is 8.78 Å². The molecule has 0 bridgehead atoms. The molecule has 734 valence electrons. The zero-order valence-corrected chi connectivity index (χ0v) is 77.8. The van der Waals surface area contributed by atoms with E-state index in [0.29, 0.717) is 50.5 Å². The number of carboxylic acid groups (broad SMARTS) is 1. The number of aromatic amines is 1. The first kappa shape index (κ1) is 105. The number of phenols is 2. The van der Waals surface area contributed by atoms with Crippen molar-refractivity contribution in [2.45, 2.75) is 189 Å². The van der Waals surface area contributed by atoms with E-state index in [9.17, 15) is 58.7 Å². The molecule has 0 spiro atoms. The van der Waals surface area contributed by atoms with Gasteiger partial charge in [0.15, 0.2) is 11.6 Å².